The third-order valence-corrected chi connectivity index (χ3v) is 8.51. The highest BCUT2D eigenvalue weighted by Crippen LogP contribution is 2.38. The second kappa shape index (κ2) is 10.9. The van der Waals surface area contributed by atoms with Crippen LogP contribution in [0.4, 0.5) is 27.8 Å². The Kier molecular flexibility index (Phi) is 6.98. The Hall–Kier alpha value is -3.73. The number of urea groups is 1. The van der Waals surface area contributed by atoms with Crippen molar-refractivity contribution in [2.45, 2.75) is 50.0 Å². The number of hydrogen-bond donors (Lipinski definition) is 2. The molecule has 4 atom stereocenters. The summed E-state index contributed by atoms with van der Waals surface area (Å²) in [6.07, 6.45) is 3.60. The van der Waals surface area contributed by atoms with E-state index in [1.54, 1.807) is 0 Å². The van der Waals surface area contributed by atoms with Gasteiger partial charge in [0.25, 0.3) is 0 Å². The Bertz CT molecular complexity index is 1380. The zero-order valence-corrected chi connectivity index (χ0v) is 23.6. The van der Waals surface area contributed by atoms with Crippen molar-refractivity contribution in [2.75, 3.05) is 60.9 Å². The van der Waals surface area contributed by atoms with Crippen LogP contribution in [-0.2, 0) is 16.0 Å². The van der Waals surface area contributed by atoms with Crippen LogP contribution in [0.3, 0.4) is 0 Å². The summed E-state index contributed by atoms with van der Waals surface area (Å²) in [6, 6.07) is 18.6. The third kappa shape index (κ3) is 5.47. The fraction of sp³-hybridized carbons (Fsp3) is 0.452. The summed E-state index contributed by atoms with van der Waals surface area (Å²) in [6.45, 7) is 3.97. The molecule has 2 N–H and O–H groups in total. The molecule has 4 aliphatic heterocycles. The molecule has 4 saturated heterocycles. The predicted octanol–water partition coefficient (Wildman–Crippen LogP) is 4.19. The summed E-state index contributed by atoms with van der Waals surface area (Å²) < 4.78 is 11.7. The van der Waals surface area contributed by atoms with Crippen LogP contribution in [0.5, 0.6) is 0 Å². The summed E-state index contributed by atoms with van der Waals surface area (Å²) in [5, 5.41) is 5.84. The van der Waals surface area contributed by atoms with Crippen molar-refractivity contribution >= 4 is 29.0 Å². The van der Waals surface area contributed by atoms with E-state index in [0.717, 1.165) is 75.1 Å². The average Bonchev–Trinajstić information content (AvgIpc) is 3.67. The molecule has 0 radical (unpaired) electrons. The molecule has 2 amide bonds. The number of anilines is 4. The highest BCUT2D eigenvalue weighted by molar-refractivity contribution is 5.99. The van der Waals surface area contributed by atoms with Gasteiger partial charge in [0.1, 0.15) is 11.6 Å². The van der Waals surface area contributed by atoms with E-state index in [-0.39, 0.29) is 12.1 Å². The summed E-state index contributed by atoms with van der Waals surface area (Å²) in [5.74, 6) is 2.63. The van der Waals surface area contributed by atoms with Crippen molar-refractivity contribution in [3.63, 3.8) is 0 Å². The first-order valence-corrected chi connectivity index (χ1v) is 14.5. The van der Waals surface area contributed by atoms with Gasteiger partial charge in [0.2, 0.25) is 0 Å². The fourth-order valence-electron chi connectivity index (χ4n) is 6.57. The van der Waals surface area contributed by atoms with Gasteiger partial charge in [-0.15, -0.1) is 0 Å². The first-order chi connectivity index (χ1) is 20.0. The number of morpholine rings is 2. The molecular weight excluding hydrogens is 518 g/mol. The molecule has 4 aliphatic rings. The van der Waals surface area contributed by atoms with E-state index >= 15 is 0 Å². The molecule has 10 nitrogen and oxygen atoms in total. The molecule has 4 unspecified atom stereocenters. The number of carbonyl (C=O) groups is 1. The molecule has 0 saturated carbocycles. The van der Waals surface area contributed by atoms with Crippen LogP contribution >= 0.6 is 0 Å². The maximum Gasteiger partial charge on any atom is 0.323 e. The van der Waals surface area contributed by atoms with Crippen LogP contribution in [0.15, 0.2) is 54.6 Å². The zero-order valence-electron chi connectivity index (χ0n) is 23.6. The van der Waals surface area contributed by atoms with Gasteiger partial charge in [-0.05, 0) is 75.3 Å². The quantitative estimate of drug-likeness (QED) is 0.448. The van der Waals surface area contributed by atoms with Crippen LogP contribution in [0.25, 0.3) is 11.4 Å². The third-order valence-electron chi connectivity index (χ3n) is 8.51. The molecule has 0 spiro atoms. The maximum atomic E-state index is 12.7. The van der Waals surface area contributed by atoms with E-state index in [1.165, 1.54) is 5.56 Å². The van der Waals surface area contributed by atoms with Crippen LogP contribution in [0, 0.1) is 0 Å². The van der Waals surface area contributed by atoms with Gasteiger partial charge in [-0.25, -0.2) is 14.8 Å². The van der Waals surface area contributed by atoms with Crippen molar-refractivity contribution in [2.24, 2.45) is 0 Å². The molecule has 4 fully saturated rings. The van der Waals surface area contributed by atoms with Crippen LogP contribution < -0.4 is 20.4 Å². The molecular formula is C31H37N7O3. The molecule has 4 bridgehead atoms. The van der Waals surface area contributed by atoms with E-state index in [1.807, 2.05) is 62.6 Å². The summed E-state index contributed by atoms with van der Waals surface area (Å²) >= 11 is 0. The predicted molar refractivity (Wildman–Crippen MR) is 160 cm³/mol. The maximum absolute atomic E-state index is 12.7. The Labute approximate surface area is 240 Å². The first kappa shape index (κ1) is 26.2. The molecule has 3 aromatic rings. The lowest BCUT2D eigenvalue weighted by Crippen LogP contribution is -2.46. The SMILES string of the molecule is CN(C)Cc1ccc(NC(=O)Nc2ccc(-c3nc(N4CC5CC4CO5)cc(N4C5CCC4COC5)n3)cc2)cc1. The van der Waals surface area contributed by atoms with Gasteiger partial charge < -0.3 is 34.8 Å². The van der Waals surface area contributed by atoms with Crippen molar-refractivity contribution in [3.8, 4) is 11.4 Å². The van der Waals surface area contributed by atoms with Gasteiger partial charge >= 0.3 is 6.03 Å². The van der Waals surface area contributed by atoms with Gasteiger partial charge in [0, 0.05) is 36.1 Å². The molecule has 41 heavy (non-hydrogen) atoms. The highest BCUT2D eigenvalue weighted by Gasteiger charge is 2.42. The van der Waals surface area contributed by atoms with E-state index in [2.05, 4.69) is 31.4 Å². The van der Waals surface area contributed by atoms with Gasteiger partial charge in [0.05, 0.1) is 44.1 Å². The highest BCUT2D eigenvalue weighted by atomic mass is 16.5. The summed E-state index contributed by atoms with van der Waals surface area (Å²) in [5.41, 5.74) is 3.55. The Balaban J connectivity index is 1.09. The zero-order chi connectivity index (χ0) is 27.9. The minimum atomic E-state index is -0.284. The van der Waals surface area contributed by atoms with Crippen LogP contribution in [0.1, 0.15) is 24.8 Å². The summed E-state index contributed by atoms with van der Waals surface area (Å²) in [4.78, 5) is 29.7. The number of aromatic nitrogens is 2. The van der Waals surface area contributed by atoms with Crippen molar-refractivity contribution < 1.29 is 14.3 Å². The Morgan fingerprint density at radius 2 is 1.56 bits per heavy atom. The van der Waals surface area contributed by atoms with Crippen LogP contribution in [-0.4, -0.2) is 85.6 Å². The number of fused-ring (bicyclic) bond motifs is 4. The molecule has 5 heterocycles. The minimum absolute atomic E-state index is 0.284. The van der Waals surface area contributed by atoms with Gasteiger partial charge in [-0.2, -0.15) is 0 Å². The smallest absolute Gasteiger partial charge is 0.323 e. The number of carbonyl (C=O) groups excluding carboxylic acids is 1. The van der Waals surface area contributed by atoms with E-state index in [4.69, 9.17) is 19.4 Å². The number of amides is 2. The second-order valence-electron chi connectivity index (χ2n) is 11.8. The van der Waals surface area contributed by atoms with Gasteiger partial charge in [-0.3, -0.25) is 0 Å². The second-order valence-corrected chi connectivity index (χ2v) is 11.8. The Morgan fingerprint density at radius 1 is 0.902 bits per heavy atom. The number of hydrogen-bond acceptors (Lipinski definition) is 8. The van der Waals surface area contributed by atoms with E-state index in [0.29, 0.717) is 29.6 Å². The topological polar surface area (TPSA) is 95.1 Å². The lowest BCUT2D eigenvalue weighted by Gasteiger charge is -2.36. The normalized spacial score (nSPS) is 24.8. The van der Waals surface area contributed by atoms with Crippen LogP contribution in [0.2, 0.25) is 0 Å². The Morgan fingerprint density at radius 3 is 2.17 bits per heavy atom. The minimum Gasteiger partial charge on any atom is -0.377 e. The molecule has 214 valence electrons. The number of nitrogens with zero attached hydrogens (tertiary/aromatic N) is 5. The number of nitrogens with one attached hydrogen (secondary N) is 2. The average molecular weight is 556 g/mol. The molecule has 2 aromatic carbocycles. The van der Waals surface area contributed by atoms with E-state index < -0.39 is 0 Å². The molecule has 10 heteroatoms. The van der Waals surface area contributed by atoms with E-state index in [9.17, 15) is 4.79 Å². The summed E-state index contributed by atoms with van der Waals surface area (Å²) in [7, 11) is 4.07. The molecule has 1 aromatic heterocycles. The lowest BCUT2D eigenvalue weighted by atomic mass is 10.2. The molecule has 0 aliphatic carbocycles. The standard InChI is InChI=1S/C31H37N7O3/c1-36(2)15-20-3-7-22(8-4-20)32-31(39)33-23-9-5-21(6-10-23)30-34-28(37-16-27-13-26(37)19-41-27)14-29(35-30)38-24-11-12-25(38)18-40-17-24/h3-10,14,24-27H,11-13,15-19H2,1-2H3,(H2,32,33,39). The fourth-order valence-corrected chi connectivity index (χ4v) is 6.57. The first-order valence-electron chi connectivity index (χ1n) is 14.5. The largest absolute Gasteiger partial charge is 0.377 e. The lowest BCUT2D eigenvalue weighted by molar-refractivity contribution is 0.0902. The molecule has 7 rings (SSSR count). The monoisotopic (exact) mass is 555 g/mol. The van der Waals surface area contributed by atoms with Crippen molar-refractivity contribution in [3.05, 3.63) is 60.2 Å². The van der Waals surface area contributed by atoms with Gasteiger partial charge in [0.15, 0.2) is 5.82 Å². The van der Waals surface area contributed by atoms with Crippen molar-refractivity contribution in [1.82, 2.24) is 14.9 Å². The van der Waals surface area contributed by atoms with Gasteiger partial charge in [-0.1, -0.05) is 12.1 Å². The number of rotatable bonds is 7. The number of ether oxygens (including phenoxy) is 2. The number of benzene rings is 2. The van der Waals surface area contributed by atoms with Crippen molar-refractivity contribution in [1.29, 1.82) is 0 Å².